The highest BCUT2D eigenvalue weighted by Gasteiger charge is 2.15. The van der Waals surface area contributed by atoms with E-state index in [-0.39, 0.29) is 0 Å². The number of nitrogens with zero attached hydrogens (tertiary/aromatic N) is 3. The minimum absolute atomic E-state index is 0.954. The predicted molar refractivity (Wildman–Crippen MR) is 114 cm³/mol. The molecule has 0 fully saturated rings. The van der Waals surface area contributed by atoms with Crippen LogP contribution < -0.4 is 10.2 Å². The van der Waals surface area contributed by atoms with E-state index in [1.165, 1.54) is 11.3 Å². The van der Waals surface area contributed by atoms with Gasteiger partial charge in [-0.3, -0.25) is 4.40 Å². The van der Waals surface area contributed by atoms with Crippen molar-refractivity contribution in [3.8, 4) is 11.3 Å². The van der Waals surface area contributed by atoms with Crippen LogP contribution in [0.15, 0.2) is 66.9 Å². The summed E-state index contributed by atoms with van der Waals surface area (Å²) in [5.41, 5.74) is 7.64. The van der Waals surface area contributed by atoms with Crippen LogP contribution >= 0.6 is 0 Å². The second-order valence-corrected chi connectivity index (χ2v) is 7.13. The van der Waals surface area contributed by atoms with E-state index in [1.54, 1.807) is 0 Å². The van der Waals surface area contributed by atoms with Crippen LogP contribution in [0.25, 0.3) is 16.9 Å². The van der Waals surface area contributed by atoms with Crippen molar-refractivity contribution in [1.82, 2.24) is 9.38 Å². The summed E-state index contributed by atoms with van der Waals surface area (Å²) in [7, 11) is 4.10. The van der Waals surface area contributed by atoms with E-state index in [1.807, 2.05) is 14.1 Å². The van der Waals surface area contributed by atoms with Crippen LogP contribution in [0, 0.1) is 13.8 Å². The summed E-state index contributed by atoms with van der Waals surface area (Å²) in [6.45, 7) is 4.19. The van der Waals surface area contributed by atoms with E-state index in [0.29, 0.717) is 0 Å². The molecule has 27 heavy (non-hydrogen) atoms. The Morgan fingerprint density at radius 3 is 2.26 bits per heavy atom. The Kier molecular flexibility index (Phi) is 4.32. The molecule has 0 saturated carbocycles. The molecular formula is C23H24N4. The van der Waals surface area contributed by atoms with Crippen LogP contribution in [0.3, 0.4) is 0 Å². The van der Waals surface area contributed by atoms with Crippen molar-refractivity contribution >= 4 is 22.8 Å². The number of hydrogen-bond acceptors (Lipinski definition) is 3. The topological polar surface area (TPSA) is 32.6 Å². The van der Waals surface area contributed by atoms with Gasteiger partial charge in [0.2, 0.25) is 0 Å². The van der Waals surface area contributed by atoms with Gasteiger partial charge in [-0.25, -0.2) is 4.98 Å². The molecule has 2 aromatic carbocycles. The van der Waals surface area contributed by atoms with Gasteiger partial charge in [-0.1, -0.05) is 35.9 Å². The Morgan fingerprint density at radius 2 is 1.59 bits per heavy atom. The summed E-state index contributed by atoms with van der Waals surface area (Å²) in [4.78, 5) is 7.06. The van der Waals surface area contributed by atoms with E-state index in [2.05, 4.69) is 95.3 Å². The highest BCUT2D eigenvalue weighted by atomic mass is 15.1. The SMILES string of the molecule is Cc1ccc(Nc2c(-c3ccc(N(C)C)cc3)nc3c(C)cccn23)cc1. The molecule has 2 heterocycles. The molecule has 0 radical (unpaired) electrons. The molecule has 0 bridgehead atoms. The van der Waals surface area contributed by atoms with Crippen molar-refractivity contribution in [3.63, 3.8) is 0 Å². The monoisotopic (exact) mass is 356 g/mol. The van der Waals surface area contributed by atoms with E-state index in [4.69, 9.17) is 4.98 Å². The minimum Gasteiger partial charge on any atom is -0.378 e. The minimum atomic E-state index is 0.954. The van der Waals surface area contributed by atoms with Crippen molar-refractivity contribution in [2.45, 2.75) is 13.8 Å². The molecular weight excluding hydrogens is 332 g/mol. The Hall–Kier alpha value is -3.27. The second-order valence-electron chi connectivity index (χ2n) is 7.13. The average Bonchev–Trinajstić information content (AvgIpc) is 3.03. The zero-order valence-corrected chi connectivity index (χ0v) is 16.2. The van der Waals surface area contributed by atoms with Crippen molar-refractivity contribution in [2.24, 2.45) is 0 Å². The number of imidazole rings is 1. The molecule has 136 valence electrons. The van der Waals surface area contributed by atoms with Gasteiger partial charge in [0.15, 0.2) is 0 Å². The summed E-state index contributed by atoms with van der Waals surface area (Å²) < 4.78 is 2.13. The lowest BCUT2D eigenvalue weighted by atomic mass is 10.1. The van der Waals surface area contributed by atoms with Gasteiger partial charge in [-0.15, -0.1) is 0 Å². The third-order valence-electron chi connectivity index (χ3n) is 4.82. The molecule has 4 heteroatoms. The fourth-order valence-electron chi connectivity index (χ4n) is 3.22. The van der Waals surface area contributed by atoms with Gasteiger partial charge in [0.25, 0.3) is 0 Å². The maximum atomic E-state index is 4.96. The molecule has 4 rings (SSSR count). The standard InChI is InChI=1S/C23H24N4/c1-16-7-11-19(12-8-16)24-23-21(18-9-13-20(14-10-18)26(3)4)25-22-17(2)6-5-15-27(22)23/h5-15,24H,1-4H3. The Bertz CT molecular complexity index is 1070. The molecule has 0 saturated heterocycles. The number of anilines is 3. The summed E-state index contributed by atoms with van der Waals surface area (Å²) in [6, 6.07) is 21.1. The summed E-state index contributed by atoms with van der Waals surface area (Å²) in [6.07, 6.45) is 2.06. The lowest BCUT2D eigenvalue weighted by molar-refractivity contribution is 1.13. The van der Waals surface area contributed by atoms with Gasteiger partial charge in [0.05, 0.1) is 0 Å². The smallest absolute Gasteiger partial charge is 0.143 e. The highest BCUT2D eigenvalue weighted by Crippen LogP contribution is 2.33. The van der Waals surface area contributed by atoms with Crippen molar-refractivity contribution < 1.29 is 0 Å². The van der Waals surface area contributed by atoms with Crippen LogP contribution in [0.2, 0.25) is 0 Å². The third kappa shape index (κ3) is 3.26. The first-order valence-electron chi connectivity index (χ1n) is 9.12. The first-order valence-corrected chi connectivity index (χ1v) is 9.12. The van der Waals surface area contributed by atoms with Gasteiger partial charge in [-0.2, -0.15) is 0 Å². The normalized spacial score (nSPS) is 11.0. The zero-order valence-electron chi connectivity index (χ0n) is 16.2. The number of hydrogen-bond donors (Lipinski definition) is 1. The number of aryl methyl sites for hydroxylation is 2. The molecule has 0 aliphatic heterocycles. The predicted octanol–water partition coefficient (Wildman–Crippen LogP) is 5.43. The van der Waals surface area contributed by atoms with Crippen LogP contribution in [-0.4, -0.2) is 23.5 Å². The van der Waals surface area contributed by atoms with Crippen LogP contribution in [0.5, 0.6) is 0 Å². The average molecular weight is 356 g/mol. The molecule has 0 amide bonds. The molecule has 0 atom stereocenters. The zero-order chi connectivity index (χ0) is 19.0. The molecule has 0 aliphatic rings. The number of nitrogens with one attached hydrogen (secondary N) is 1. The number of rotatable bonds is 4. The number of pyridine rings is 1. The first-order chi connectivity index (χ1) is 13.0. The van der Waals surface area contributed by atoms with E-state index >= 15 is 0 Å². The Morgan fingerprint density at radius 1 is 0.889 bits per heavy atom. The number of fused-ring (bicyclic) bond motifs is 1. The number of aromatic nitrogens is 2. The van der Waals surface area contributed by atoms with Crippen molar-refractivity contribution in [2.75, 3.05) is 24.3 Å². The van der Waals surface area contributed by atoms with Crippen molar-refractivity contribution in [3.05, 3.63) is 78.0 Å². The second kappa shape index (κ2) is 6.80. The molecule has 1 N–H and O–H groups in total. The maximum Gasteiger partial charge on any atom is 0.143 e. The molecule has 0 unspecified atom stereocenters. The lowest BCUT2D eigenvalue weighted by Gasteiger charge is -2.13. The van der Waals surface area contributed by atoms with Crippen molar-refractivity contribution in [1.29, 1.82) is 0 Å². The van der Waals surface area contributed by atoms with E-state index < -0.39 is 0 Å². The highest BCUT2D eigenvalue weighted by molar-refractivity contribution is 5.81. The van der Waals surface area contributed by atoms with Gasteiger partial charge < -0.3 is 10.2 Å². The van der Waals surface area contributed by atoms with E-state index in [0.717, 1.165) is 34.0 Å². The summed E-state index contributed by atoms with van der Waals surface area (Å²) in [5, 5.41) is 3.58. The quantitative estimate of drug-likeness (QED) is 0.529. The summed E-state index contributed by atoms with van der Waals surface area (Å²) in [5.74, 6) is 0.982. The van der Waals surface area contributed by atoms with Gasteiger partial charge in [0.1, 0.15) is 17.2 Å². The molecule has 4 aromatic rings. The molecule has 2 aromatic heterocycles. The maximum absolute atomic E-state index is 4.96. The number of benzene rings is 2. The first kappa shape index (κ1) is 17.2. The largest absolute Gasteiger partial charge is 0.378 e. The van der Waals surface area contributed by atoms with Crippen LogP contribution in [0.1, 0.15) is 11.1 Å². The Balaban J connectivity index is 1.86. The molecule has 0 spiro atoms. The van der Waals surface area contributed by atoms with Crippen LogP contribution in [0.4, 0.5) is 17.2 Å². The Labute approximate surface area is 160 Å². The summed E-state index contributed by atoms with van der Waals surface area (Å²) >= 11 is 0. The fourth-order valence-corrected chi connectivity index (χ4v) is 3.22. The molecule has 4 nitrogen and oxygen atoms in total. The molecule has 0 aliphatic carbocycles. The van der Waals surface area contributed by atoms with Gasteiger partial charge in [0, 0.05) is 37.2 Å². The van der Waals surface area contributed by atoms with E-state index in [9.17, 15) is 0 Å². The van der Waals surface area contributed by atoms with Gasteiger partial charge in [-0.05, 0) is 49.7 Å². The fraction of sp³-hybridized carbons (Fsp3) is 0.174. The van der Waals surface area contributed by atoms with Gasteiger partial charge >= 0.3 is 0 Å². The lowest BCUT2D eigenvalue weighted by Crippen LogP contribution is -2.07. The third-order valence-corrected chi connectivity index (χ3v) is 4.82. The van der Waals surface area contributed by atoms with Crippen LogP contribution in [-0.2, 0) is 0 Å².